The van der Waals surface area contributed by atoms with Crippen molar-refractivity contribution in [2.75, 3.05) is 11.9 Å². The smallest absolute Gasteiger partial charge is 0.344 e. The fourth-order valence-corrected chi connectivity index (χ4v) is 2.68. The summed E-state index contributed by atoms with van der Waals surface area (Å²) < 4.78 is 9.89. The number of ether oxygens (including phenoxy) is 2. The Hall–Kier alpha value is -2.24. The highest BCUT2D eigenvalue weighted by atomic mass is 35.5. The van der Waals surface area contributed by atoms with E-state index in [0.29, 0.717) is 27.0 Å². The van der Waals surface area contributed by atoms with Gasteiger partial charge in [-0.3, -0.25) is 4.79 Å². The van der Waals surface area contributed by atoms with Crippen LogP contribution in [0.2, 0.25) is 10.0 Å². The zero-order valence-corrected chi connectivity index (χ0v) is 15.9. The first-order chi connectivity index (χ1) is 12.4. The molecule has 0 fully saturated rings. The van der Waals surface area contributed by atoms with Gasteiger partial charge < -0.3 is 14.8 Å². The van der Waals surface area contributed by atoms with Crippen molar-refractivity contribution in [3.05, 3.63) is 58.1 Å². The molecule has 0 atom stereocenters. The van der Waals surface area contributed by atoms with E-state index >= 15 is 0 Å². The highest BCUT2D eigenvalue weighted by molar-refractivity contribution is 6.39. The predicted molar refractivity (Wildman–Crippen MR) is 102 cm³/mol. The summed E-state index contributed by atoms with van der Waals surface area (Å²) in [5, 5.41) is 4.07. The Morgan fingerprint density at radius 3 is 2.31 bits per heavy atom. The first-order valence-corrected chi connectivity index (χ1v) is 8.76. The summed E-state index contributed by atoms with van der Waals surface area (Å²) in [6.45, 7) is 3.03. The molecular weight excluding hydrogens is 377 g/mol. The maximum absolute atomic E-state index is 12.0. The van der Waals surface area contributed by atoms with Gasteiger partial charge in [0.15, 0.2) is 6.61 Å². The van der Waals surface area contributed by atoms with Gasteiger partial charge in [-0.05, 0) is 37.6 Å². The summed E-state index contributed by atoms with van der Waals surface area (Å²) in [7, 11) is 0. The molecule has 2 aromatic carbocycles. The molecule has 0 aliphatic carbocycles. The average molecular weight is 396 g/mol. The molecule has 0 unspecified atom stereocenters. The molecule has 0 heterocycles. The molecule has 0 aromatic heterocycles. The Labute approximate surface area is 162 Å². The van der Waals surface area contributed by atoms with Gasteiger partial charge in [-0.2, -0.15) is 0 Å². The van der Waals surface area contributed by atoms with Crippen LogP contribution in [-0.2, 0) is 25.5 Å². The number of esters is 2. The summed E-state index contributed by atoms with van der Waals surface area (Å²) in [6.07, 6.45) is -0.272. The quantitative estimate of drug-likeness (QED) is 0.683. The van der Waals surface area contributed by atoms with Crippen molar-refractivity contribution >= 4 is 46.5 Å². The average Bonchev–Trinajstić information content (AvgIpc) is 2.57. The molecule has 0 saturated heterocycles. The van der Waals surface area contributed by atoms with E-state index in [2.05, 4.69) is 5.32 Å². The molecule has 0 radical (unpaired) electrons. The standard InChI is InChI=1S/C19H19Cl2NO4/c1-12(2)26-18(24)11-25-17(23)10-13-6-3-4-9-16(13)22-19-14(20)7-5-8-15(19)21/h3-9,12,22H,10-11H2,1-2H3. The Balaban J connectivity index is 2.05. The predicted octanol–water partition coefficient (Wildman–Crippen LogP) is 4.77. The van der Waals surface area contributed by atoms with E-state index in [4.69, 9.17) is 32.7 Å². The highest BCUT2D eigenvalue weighted by Crippen LogP contribution is 2.33. The van der Waals surface area contributed by atoms with Gasteiger partial charge in [0.2, 0.25) is 0 Å². The largest absolute Gasteiger partial charge is 0.460 e. The molecule has 2 aromatic rings. The molecule has 0 amide bonds. The van der Waals surface area contributed by atoms with E-state index in [1.54, 1.807) is 50.2 Å². The molecule has 7 heteroatoms. The lowest BCUT2D eigenvalue weighted by atomic mass is 10.1. The second-order valence-corrected chi connectivity index (χ2v) is 6.57. The molecule has 26 heavy (non-hydrogen) atoms. The van der Waals surface area contributed by atoms with Gasteiger partial charge in [-0.15, -0.1) is 0 Å². The van der Waals surface area contributed by atoms with Crippen molar-refractivity contribution in [3.8, 4) is 0 Å². The van der Waals surface area contributed by atoms with E-state index in [-0.39, 0.29) is 12.5 Å². The van der Waals surface area contributed by atoms with Crippen LogP contribution >= 0.6 is 23.2 Å². The maximum atomic E-state index is 12.0. The van der Waals surface area contributed by atoms with E-state index in [0.717, 1.165) is 0 Å². The number of benzene rings is 2. The first kappa shape index (κ1) is 20.1. The van der Waals surface area contributed by atoms with Crippen molar-refractivity contribution in [1.29, 1.82) is 0 Å². The highest BCUT2D eigenvalue weighted by Gasteiger charge is 2.14. The fourth-order valence-electron chi connectivity index (χ4n) is 2.19. The molecule has 2 rings (SSSR count). The number of carbonyl (C=O) groups is 2. The molecule has 0 spiro atoms. The van der Waals surface area contributed by atoms with Gasteiger partial charge in [-0.25, -0.2) is 4.79 Å². The van der Waals surface area contributed by atoms with Crippen LogP contribution in [0.5, 0.6) is 0 Å². The molecule has 138 valence electrons. The summed E-state index contributed by atoms with van der Waals surface area (Å²) in [4.78, 5) is 23.5. The van der Waals surface area contributed by atoms with Crippen LogP contribution in [0, 0.1) is 0 Å². The Morgan fingerprint density at radius 1 is 1.00 bits per heavy atom. The SMILES string of the molecule is CC(C)OC(=O)COC(=O)Cc1ccccc1Nc1c(Cl)cccc1Cl. The van der Waals surface area contributed by atoms with Gasteiger partial charge in [0.25, 0.3) is 0 Å². The van der Waals surface area contributed by atoms with Crippen molar-refractivity contribution in [2.24, 2.45) is 0 Å². The molecule has 1 N–H and O–H groups in total. The van der Waals surface area contributed by atoms with Crippen molar-refractivity contribution < 1.29 is 19.1 Å². The summed E-state index contributed by atoms with van der Waals surface area (Å²) in [6, 6.07) is 12.4. The topological polar surface area (TPSA) is 64.6 Å². The molecular formula is C19H19Cl2NO4. The zero-order valence-electron chi connectivity index (χ0n) is 14.4. The van der Waals surface area contributed by atoms with E-state index < -0.39 is 18.5 Å². The summed E-state index contributed by atoms with van der Waals surface area (Å²) in [5.41, 5.74) is 1.91. The number of halogens is 2. The second kappa shape index (κ2) is 9.46. The van der Waals surface area contributed by atoms with Crippen molar-refractivity contribution in [2.45, 2.75) is 26.4 Å². The van der Waals surface area contributed by atoms with E-state index in [1.807, 2.05) is 6.07 Å². The van der Waals surface area contributed by atoms with Crippen molar-refractivity contribution in [3.63, 3.8) is 0 Å². The van der Waals surface area contributed by atoms with Gasteiger partial charge in [0, 0.05) is 5.69 Å². The Kier molecular flexibility index (Phi) is 7.30. The molecule has 0 bridgehead atoms. The minimum Gasteiger partial charge on any atom is -0.460 e. The third-order valence-electron chi connectivity index (χ3n) is 3.29. The number of hydrogen-bond acceptors (Lipinski definition) is 5. The number of anilines is 2. The maximum Gasteiger partial charge on any atom is 0.344 e. The van der Waals surface area contributed by atoms with Gasteiger partial charge >= 0.3 is 11.9 Å². The number of carbonyl (C=O) groups excluding carboxylic acids is 2. The lowest BCUT2D eigenvalue weighted by molar-refractivity contribution is -0.160. The summed E-state index contributed by atoms with van der Waals surface area (Å²) >= 11 is 12.3. The Bertz CT molecular complexity index is 773. The van der Waals surface area contributed by atoms with Crippen LogP contribution in [-0.4, -0.2) is 24.6 Å². The molecule has 0 saturated carbocycles. The Morgan fingerprint density at radius 2 is 1.65 bits per heavy atom. The van der Waals surface area contributed by atoms with Gasteiger partial charge in [0.05, 0.1) is 28.3 Å². The lowest BCUT2D eigenvalue weighted by Gasteiger charge is -2.14. The van der Waals surface area contributed by atoms with Crippen LogP contribution < -0.4 is 5.32 Å². The normalized spacial score (nSPS) is 10.5. The third-order valence-corrected chi connectivity index (χ3v) is 3.92. The van der Waals surface area contributed by atoms with Crippen LogP contribution in [0.1, 0.15) is 19.4 Å². The second-order valence-electron chi connectivity index (χ2n) is 5.75. The van der Waals surface area contributed by atoms with Crippen molar-refractivity contribution in [1.82, 2.24) is 0 Å². The minimum absolute atomic E-state index is 0.0137. The number of hydrogen-bond donors (Lipinski definition) is 1. The van der Waals surface area contributed by atoms with Crippen LogP contribution in [0.4, 0.5) is 11.4 Å². The van der Waals surface area contributed by atoms with Gasteiger partial charge in [-0.1, -0.05) is 47.5 Å². The first-order valence-electron chi connectivity index (χ1n) is 8.01. The van der Waals surface area contributed by atoms with Crippen LogP contribution in [0.3, 0.4) is 0 Å². The summed E-state index contributed by atoms with van der Waals surface area (Å²) in [5.74, 6) is -1.12. The molecule has 0 aliphatic heterocycles. The zero-order chi connectivity index (χ0) is 19.1. The minimum atomic E-state index is -0.581. The van der Waals surface area contributed by atoms with E-state index in [1.165, 1.54) is 0 Å². The monoisotopic (exact) mass is 395 g/mol. The van der Waals surface area contributed by atoms with Gasteiger partial charge in [0.1, 0.15) is 0 Å². The number of rotatable bonds is 7. The van der Waals surface area contributed by atoms with Crippen LogP contribution in [0.15, 0.2) is 42.5 Å². The van der Waals surface area contributed by atoms with Crippen LogP contribution in [0.25, 0.3) is 0 Å². The lowest BCUT2D eigenvalue weighted by Crippen LogP contribution is -2.20. The number of para-hydroxylation sites is 2. The third kappa shape index (κ3) is 5.93. The number of nitrogens with one attached hydrogen (secondary N) is 1. The molecule has 5 nitrogen and oxygen atoms in total. The molecule has 0 aliphatic rings. The van der Waals surface area contributed by atoms with E-state index in [9.17, 15) is 9.59 Å². The fraction of sp³-hybridized carbons (Fsp3) is 0.263.